The van der Waals surface area contributed by atoms with Gasteiger partial charge in [-0.05, 0) is 36.2 Å². The molecule has 0 aromatic heterocycles. The van der Waals surface area contributed by atoms with Crippen LogP contribution in [0.5, 0.6) is 0 Å². The second kappa shape index (κ2) is 7.08. The van der Waals surface area contributed by atoms with Crippen molar-refractivity contribution in [3.8, 4) is 0 Å². The van der Waals surface area contributed by atoms with Gasteiger partial charge in [-0.15, -0.1) is 11.8 Å². The molecular formula is C15H14BrFOS. The molecule has 1 N–H and O–H groups in total. The smallest absolute Gasteiger partial charge is 0.136 e. The zero-order valence-electron chi connectivity index (χ0n) is 10.2. The zero-order valence-corrected chi connectivity index (χ0v) is 12.6. The van der Waals surface area contributed by atoms with Gasteiger partial charge in [-0.25, -0.2) is 4.39 Å². The first kappa shape index (κ1) is 14.6. The van der Waals surface area contributed by atoms with E-state index < -0.39 is 6.10 Å². The van der Waals surface area contributed by atoms with Gasteiger partial charge < -0.3 is 5.11 Å². The summed E-state index contributed by atoms with van der Waals surface area (Å²) >= 11 is 4.74. The van der Waals surface area contributed by atoms with Gasteiger partial charge in [-0.1, -0.05) is 40.2 Å². The average Bonchev–Trinajstić information content (AvgIpc) is 2.38. The van der Waals surface area contributed by atoms with E-state index >= 15 is 0 Å². The van der Waals surface area contributed by atoms with Crippen molar-refractivity contribution in [3.05, 3.63) is 64.4 Å². The molecule has 0 aliphatic heterocycles. The van der Waals surface area contributed by atoms with Crippen LogP contribution in [0.4, 0.5) is 4.39 Å². The van der Waals surface area contributed by atoms with Gasteiger partial charge in [0.15, 0.2) is 0 Å². The largest absolute Gasteiger partial charge is 0.392 e. The van der Waals surface area contributed by atoms with Crippen molar-refractivity contribution in [1.82, 2.24) is 0 Å². The summed E-state index contributed by atoms with van der Waals surface area (Å²) in [6, 6.07) is 14.5. The lowest BCUT2D eigenvalue weighted by Gasteiger charge is -2.11. The highest BCUT2D eigenvalue weighted by atomic mass is 79.9. The van der Waals surface area contributed by atoms with Gasteiger partial charge in [0.25, 0.3) is 0 Å². The van der Waals surface area contributed by atoms with Crippen LogP contribution in [0.2, 0.25) is 0 Å². The van der Waals surface area contributed by atoms with Crippen LogP contribution in [0.15, 0.2) is 57.9 Å². The van der Waals surface area contributed by atoms with Crippen LogP contribution in [0.25, 0.3) is 0 Å². The molecule has 1 atom stereocenters. The number of hydrogen-bond acceptors (Lipinski definition) is 2. The van der Waals surface area contributed by atoms with Crippen molar-refractivity contribution in [3.63, 3.8) is 0 Å². The first-order valence-electron chi connectivity index (χ1n) is 5.95. The summed E-state index contributed by atoms with van der Waals surface area (Å²) in [5.41, 5.74) is 1.07. The van der Waals surface area contributed by atoms with Gasteiger partial charge in [-0.2, -0.15) is 0 Å². The van der Waals surface area contributed by atoms with Crippen molar-refractivity contribution in [2.24, 2.45) is 0 Å². The Labute approximate surface area is 125 Å². The fourth-order valence-corrected chi connectivity index (χ4v) is 3.06. The van der Waals surface area contributed by atoms with Crippen molar-refractivity contribution in [2.45, 2.75) is 17.4 Å². The lowest BCUT2D eigenvalue weighted by molar-refractivity contribution is 0.200. The number of aliphatic hydroxyl groups excluding tert-OH is 1. The van der Waals surface area contributed by atoms with Crippen LogP contribution >= 0.6 is 27.7 Å². The van der Waals surface area contributed by atoms with Gasteiger partial charge in [0.1, 0.15) is 5.82 Å². The quantitative estimate of drug-likeness (QED) is 0.819. The Morgan fingerprint density at radius 1 is 1.16 bits per heavy atom. The highest BCUT2D eigenvalue weighted by Crippen LogP contribution is 2.23. The van der Waals surface area contributed by atoms with Crippen LogP contribution in [0.3, 0.4) is 0 Å². The van der Waals surface area contributed by atoms with Crippen molar-refractivity contribution in [1.29, 1.82) is 0 Å². The van der Waals surface area contributed by atoms with Crippen LogP contribution in [0, 0.1) is 5.82 Å². The molecule has 100 valence electrons. The number of rotatable bonds is 5. The molecule has 0 aliphatic rings. The summed E-state index contributed by atoms with van der Waals surface area (Å²) in [6.07, 6.45) is 0.0832. The third kappa shape index (κ3) is 4.64. The number of thioether (sulfide) groups is 1. The number of benzene rings is 2. The third-order valence-corrected chi connectivity index (χ3v) is 4.32. The lowest BCUT2D eigenvalue weighted by Crippen LogP contribution is -2.13. The Kier molecular flexibility index (Phi) is 5.43. The predicted molar refractivity (Wildman–Crippen MR) is 81.0 cm³/mol. The van der Waals surface area contributed by atoms with Gasteiger partial charge in [0, 0.05) is 15.1 Å². The molecule has 2 aromatic carbocycles. The van der Waals surface area contributed by atoms with E-state index in [0.717, 1.165) is 10.0 Å². The predicted octanol–water partition coefficient (Wildman–Crippen LogP) is 4.28. The minimum atomic E-state index is -0.487. The normalized spacial score (nSPS) is 12.4. The van der Waals surface area contributed by atoms with Crippen LogP contribution in [-0.2, 0) is 6.42 Å². The number of halogens is 2. The molecule has 0 saturated carbocycles. The van der Waals surface area contributed by atoms with E-state index in [1.54, 1.807) is 18.2 Å². The Morgan fingerprint density at radius 3 is 2.68 bits per heavy atom. The highest BCUT2D eigenvalue weighted by Gasteiger charge is 2.09. The summed E-state index contributed by atoms with van der Waals surface area (Å²) in [7, 11) is 0. The van der Waals surface area contributed by atoms with Crippen molar-refractivity contribution < 1.29 is 9.50 Å². The highest BCUT2D eigenvalue weighted by molar-refractivity contribution is 9.10. The van der Waals surface area contributed by atoms with E-state index in [1.165, 1.54) is 17.8 Å². The first-order valence-corrected chi connectivity index (χ1v) is 7.73. The summed E-state index contributed by atoms with van der Waals surface area (Å²) in [6.45, 7) is 0. The Morgan fingerprint density at radius 2 is 1.95 bits per heavy atom. The van der Waals surface area contributed by atoms with E-state index in [2.05, 4.69) is 15.9 Å². The van der Waals surface area contributed by atoms with Crippen molar-refractivity contribution in [2.75, 3.05) is 5.75 Å². The molecule has 0 amide bonds. The molecule has 0 aliphatic carbocycles. The SMILES string of the molecule is OC(CSc1ccccc1F)Cc1cccc(Br)c1. The second-order valence-corrected chi connectivity index (χ2v) is 6.21. The molecule has 0 fully saturated rings. The van der Waals surface area contributed by atoms with E-state index in [9.17, 15) is 9.50 Å². The van der Waals surface area contributed by atoms with Crippen LogP contribution in [-0.4, -0.2) is 17.0 Å². The fourth-order valence-electron chi connectivity index (χ4n) is 1.74. The first-order chi connectivity index (χ1) is 9.15. The zero-order chi connectivity index (χ0) is 13.7. The van der Waals surface area contributed by atoms with Gasteiger partial charge in [-0.3, -0.25) is 0 Å². The minimum Gasteiger partial charge on any atom is -0.392 e. The second-order valence-electron chi connectivity index (χ2n) is 4.23. The Balaban J connectivity index is 1.88. The third-order valence-electron chi connectivity index (χ3n) is 2.63. The van der Waals surface area contributed by atoms with Crippen molar-refractivity contribution >= 4 is 27.7 Å². The summed E-state index contributed by atoms with van der Waals surface area (Å²) in [4.78, 5) is 0.579. The van der Waals surface area contributed by atoms with Crippen LogP contribution in [0.1, 0.15) is 5.56 Å². The maximum absolute atomic E-state index is 13.4. The van der Waals surface area contributed by atoms with E-state index in [4.69, 9.17) is 0 Å². The Bertz CT molecular complexity index is 547. The monoisotopic (exact) mass is 340 g/mol. The topological polar surface area (TPSA) is 20.2 Å². The van der Waals surface area contributed by atoms with E-state index in [-0.39, 0.29) is 5.82 Å². The minimum absolute atomic E-state index is 0.234. The molecule has 19 heavy (non-hydrogen) atoms. The maximum Gasteiger partial charge on any atom is 0.136 e. The molecule has 1 nitrogen and oxygen atoms in total. The number of aliphatic hydroxyl groups is 1. The molecule has 2 rings (SSSR count). The van der Waals surface area contributed by atoms with Gasteiger partial charge in [0.05, 0.1) is 6.10 Å². The molecule has 0 bridgehead atoms. The molecule has 2 aromatic rings. The summed E-state index contributed by atoms with van der Waals surface area (Å²) in [5.74, 6) is 0.245. The lowest BCUT2D eigenvalue weighted by atomic mass is 10.1. The molecule has 1 unspecified atom stereocenters. The number of hydrogen-bond donors (Lipinski definition) is 1. The summed E-state index contributed by atoms with van der Waals surface area (Å²) < 4.78 is 14.4. The molecule has 0 heterocycles. The van der Waals surface area contributed by atoms with Gasteiger partial charge >= 0.3 is 0 Å². The molecule has 4 heteroatoms. The molecule has 0 spiro atoms. The van der Waals surface area contributed by atoms with E-state index in [1.807, 2.05) is 24.3 Å². The molecule has 0 radical (unpaired) electrons. The standard InChI is InChI=1S/C15H14BrFOS/c16-12-5-3-4-11(8-12)9-13(18)10-19-15-7-2-1-6-14(15)17/h1-8,13,18H,9-10H2. The maximum atomic E-state index is 13.4. The fraction of sp³-hybridized carbons (Fsp3) is 0.200. The van der Waals surface area contributed by atoms with Crippen LogP contribution < -0.4 is 0 Å². The Hall–Kier alpha value is -0.840. The molecule has 0 saturated heterocycles. The molecular weight excluding hydrogens is 327 g/mol. The summed E-state index contributed by atoms with van der Waals surface area (Å²) in [5, 5.41) is 9.99. The van der Waals surface area contributed by atoms with E-state index in [0.29, 0.717) is 17.1 Å². The average molecular weight is 341 g/mol. The van der Waals surface area contributed by atoms with Gasteiger partial charge in [0.2, 0.25) is 0 Å².